The number of fused-ring (bicyclic) bond motifs is 17. The van der Waals surface area contributed by atoms with Crippen molar-refractivity contribution in [2.75, 3.05) is 0 Å². The van der Waals surface area contributed by atoms with Crippen LogP contribution in [0, 0.1) is 55.4 Å². The zero-order chi connectivity index (χ0) is 38.3. The van der Waals surface area contributed by atoms with Gasteiger partial charge >= 0.3 is 0 Å². The van der Waals surface area contributed by atoms with E-state index in [0.717, 1.165) is 0 Å². The molecule has 9 aromatic rings. The number of aryl methyl sites for hydroxylation is 8. The molecule has 0 saturated heterocycles. The summed E-state index contributed by atoms with van der Waals surface area (Å²) in [5.74, 6) is 0.274. The van der Waals surface area contributed by atoms with Gasteiger partial charge in [-0.15, -0.1) is 0 Å². The molecule has 9 aromatic carbocycles. The highest BCUT2D eigenvalue weighted by atomic mass is 14.4. The van der Waals surface area contributed by atoms with Crippen molar-refractivity contribution in [1.29, 1.82) is 0 Å². The van der Waals surface area contributed by atoms with E-state index in [9.17, 15) is 0 Å². The van der Waals surface area contributed by atoms with E-state index in [1.54, 1.807) is 0 Å². The van der Waals surface area contributed by atoms with Gasteiger partial charge in [0.25, 0.3) is 0 Å². The van der Waals surface area contributed by atoms with Crippen LogP contribution in [0.2, 0.25) is 0 Å². The van der Waals surface area contributed by atoms with Crippen LogP contribution in [-0.2, 0) is 0 Å². The van der Waals surface area contributed by atoms with Gasteiger partial charge in [-0.05, 0) is 187 Å². The summed E-state index contributed by atoms with van der Waals surface area (Å²) in [7, 11) is 0. The largest absolute Gasteiger partial charge is 0.0617 e. The number of rotatable bonds is 2. The maximum atomic E-state index is 2.45. The summed E-state index contributed by atoms with van der Waals surface area (Å²) >= 11 is 0. The average Bonchev–Trinajstić information content (AvgIpc) is 3.69. The summed E-state index contributed by atoms with van der Waals surface area (Å²) < 4.78 is 0. The lowest BCUT2D eigenvalue weighted by Gasteiger charge is -2.24. The molecular formula is C56H46. The van der Waals surface area contributed by atoms with Crippen molar-refractivity contribution >= 4 is 43.1 Å². The van der Waals surface area contributed by atoms with Crippen molar-refractivity contribution in [1.82, 2.24) is 0 Å². The molecule has 56 heavy (non-hydrogen) atoms. The van der Waals surface area contributed by atoms with Gasteiger partial charge in [0, 0.05) is 11.8 Å². The summed E-state index contributed by atoms with van der Waals surface area (Å²) in [6.45, 7) is 18.5. The van der Waals surface area contributed by atoms with E-state index in [-0.39, 0.29) is 11.8 Å². The Morgan fingerprint density at radius 2 is 0.643 bits per heavy atom. The van der Waals surface area contributed by atoms with Gasteiger partial charge in [0.1, 0.15) is 0 Å². The minimum absolute atomic E-state index is 0.137. The lowest BCUT2D eigenvalue weighted by Crippen LogP contribution is -2.06. The molecule has 0 aromatic heterocycles. The van der Waals surface area contributed by atoms with Gasteiger partial charge in [0.05, 0.1) is 0 Å². The van der Waals surface area contributed by atoms with Gasteiger partial charge in [-0.2, -0.15) is 0 Å². The van der Waals surface area contributed by atoms with Crippen molar-refractivity contribution in [3.8, 4) is 22.3 Å². The van der Waals surface area contributed by atoms with E-state index in [1.807, 2.05) is 0 Å². The van der Waals surface area contributed by atoms with E-state index in [0.29, 0.717) is 0 Å². The summed E-state index contributed by atoms with van der Waals surface area (Å²) in [6, 6.07) is 47.1. The predicted molar refractivity (Wildman–Crippen MR) is 240 cm³/mol. The average molecular weight is 719 g/mol. The Labute approximate surface area is 330 Å². The molecule has 2 aliphatic rings. The standard InChI is InChI=1S/C56H46/c1-29-25-33(5)45(34(6)26-29)53-43-21-13-15-31(3)47(43)55-49(53)39-19-11-9-17-37(39)41-23-24-42-38-18-10-12-20-40(38)50-54(46-35(7)27-30(2)28-36(46)8)44-22-14-16-32(4)48(44)56(50)52(42)51(41)55/h9-28,53-54H,1-8H3/t53-,54-/m0/s1. The second kappa shape index (κ2) is 11.8. The summed E-state index contributed by atoms with van der Waals surface area (Å²) in [5.41, 5.74) is 25.2. The third-order valence-corrected chi connectivity index (χ3v) is 13.6. The van der Waals surface area contributed by atoms with E-state index >= 15 is 0 Å². The van der Waals surface area contributed by atoms with Crippen molar-refractivity contribution in [2.45, 2.75) is 67.2 Å². The fourth-order valence-electron chi connectivity index (χ4n) is 11.9. The molecule has 0 saturated carbocycles. The van der Waals surface area contributed by atoms with Gasteiger partial charge in [-0.25, -0.2) is 0 Å². The maximum Gasteiger partial charge on any atom is 0.0364 e. The first-order chi connectivity index (χ1) is 27.1. The first-order valence-corrected chi connectivity index (χ1v) is 20.3. The van der Waals surface area contributed by atoms with Crippen molar-refractivity contribution < 1.29 is 0 Å². The van der Waals surface area contributed by atoms with Gasteiger partial charge in [0.15, 0.2) is 0 Å². The van der Waals surface area contributed by atoms with Crippen LogP contribution in [0.4, 0.5) is 0 Å². The number of hydrogen-bond acceptors (Lipinski definition) is 0. The molecule has 0 bridgehead atoms. The summed E-state index contributed by atoms with van der Waals surface area (Å²) in [6.07, 6.45) is 0. The maximum absolute atomic E-state index is 2.45. The van der Waals surface area contributed by atoms with Gasteiger partial charge in [0.2, 0.25) is 0 Å². The van der Waals surface area contributed by atoms with Crippen LogP contribution in [0.25, 0.3) is 65.3 Å². The smallest absolute Gasteiger partial charge is 0.0364 e. The van der Waals surface area contributed by atoms with E-state index in [2.05, 4.69) is 177 Å². The molecule has 11 rings (SSSR count). The molecule has 2 atom stereocenters. The minimum atomic E-state index is 0.137. The van der Waals surface area contributed by atoms with Crippen LogP contribution < -0.4 is 0 Å². The van der Waals surface area contributed by atoms with Gasteiger partial charge in [-0.1, -0.05) is 132 Å². The molecule has 0 amide bonds. The molecule has 270 valence electrons. The second-order valence-corrected chi connectivity index (χ2v) is 17.1. The third kappa shape index (κ3) is 4.31. The molecule has 0 unspecified atom stereocenters. The lowest BCUT2D eigenvalue weighted by atomic mass is 9.78. The van der Waals surface area contributed by atoms with E-state index < -0.39 is 0 Å². The zero-order valence-electron chi connectivity index (χ0n) is 33.7. The second-order valence-electron chi connectivity index (χ2n) is 17.1. The molecule has 0 N–H and O–H groups in total. The highest BCUT2D eigenvalue weighted by Crippen LogP contribution is 2.61. The fraction of sp³-hybridized carbons (Fsp3) is 0.179. The molecule has 0 aliphatic heterocycles. The third-order valence-electron chi connectivity index (χ3n) is 13.6. The minimum Gasteiger partial charge on any atom is -0.0617 e. The normalized spacial score (nSPS) is 15.5. The number of hydrogen-bond donors (Lipinski definition) is 0. The summed E-state index contributed by atoms with van der Waals surface area (Å²) in [4.78, 5) is 0. The van der Waals surface area contributed by atoms with Crippen LogP contribution in [0.15, 0.2) is 121 Å². The quantitative estimate of drug-likeness (QED) is 0.156. The van der Waals surface area contributed by atoms with Crippen LogP contribution >= 0.6 is 0 Å². The SMILES string of the molecule is Cc1cc(C)c([C@@H]2c3cccc(C)c3-c3c2c2ccccc2c2ccc4c5ccccc5c5c(c4c32)-c2c(C)cccc2[C@H]5c2c(C)cc(C)cc2C)c(C)c1. The molecule has 0 heterocycles. The number of benzene rings is 9. The van der Waals surface area contributed by atoms with Crippen LogP contribution in [0.3, 0.4) is 0 Å². The Bertz CT molecular complexity index is 2960. The topological polar surface area (TPSA) is 0 Å². The Morgan fingerprint density at radius 1 is 0.286 bits per heavy atom. The highest BCUT2D eigenvalue weighted by Gasteiger charge is 2.40. The Kier molecular flexibility index (Phi) is 7.01. The van der Waals surface area contributed by atoms with Crippen LogP contribution in [0.1, 0.15) is 89.7 Å². The first kappa shape index (κ1) is 33.4. The Balaban J connectivity index is 1.43. The molecule has 0 nitrogen and oxygen atoms in total. The van der Waals surface area contributed by atoms with E-state index in [4.69, 9.17) is 0 Å². The first-order valence-electron chi connectivity index (χ1n) is 20.3. The molecule has 0 spiro atoms. The molecule has 0 heteroatoms. The van der Waals surface area contributed by atoms with Crippen molar-refractivity contribution in [3.63, 3.8) is 0 Å². The van der Waals surface area contributed by atoms with Crippen molar-refractivity contribution in [3.05, 3.63) is 199 Å². The van der Waals surface area contributed by atoms with E-state index in [1.165, 1.54) is 143 Å². The zero-order valence-corrected chi connectivity index (χ0v) is 33.7. The Hall–Kier alpha value is -5.98. The van der Waals surface area contributed by atoms with Crippen molar-refractivity contribution in [2.24, 2.45) is 0 Å². The molecule has 2 aliphatic carbocycles. The fourth-order valence-corrected chi connectivity index (χ4v) is 11.9. The molecule has 0 fully saturated rings. The lowest BCUT2D eigenvalue weighted by molar-refractivity contribution is 0.983. The highest BCUT2D eigenvalue weighted by molar-refractivity contribution is 6.33. The summed E-state index contributed by atoms with van der Waals surface area (Å²) in [5, 5.41) is 10.9. The van der Waals surface area contributed by atoms with Crippen LogP contribution in [0.5, 0.6) is 0 Å². The van der Waals surface area contributed by atoms with Gasteiger partial charge in [-0.3, -0.25) is 0 Å². The predicted octanol–water partition coefficient (Wildman–Crippen LogP) is 15.1. The molecule has 0 radical (unpaired) electrons. The Morgan fingerprint density at radius 3 is 1.02 bits per heavy atom. The van der Waals surface area contributed by atoms with Crippen LogP contribution in [-0.4, -0.2) is 0 Å². The van der Waals surface area contributed by atoms with Gasteiger partial charge < -0.3 is 0 Å². The monoisotopic (exact) mass is 718 g/mol. The molecular weight excluding hydrogens is 673 g/mol.